The molecule has 0 aromatic heterocycles. The lowest BCUT2D eigenvalue weighted by Crippen LogP contribution is -2.61. The first-order valence-corrected chi connectivity index (χ1v) is 20.4. The van der Waals surface area contributed by atoms with Crippen LogP contribution in [-0.2, 0) is 0 Å². The van der Waals surface area contributed by atoms with Gasteiger partial charge in [-0.1, -0.05) is 110 Å². The first-order chi connectivity index (χ1) is 12.7. The van der Waals surface area contributed by atoms with Crippen LogP contribution in [0.25, 0.3) is 12.2 Å². The molecule has 0 N–H and O–H groups in total. The summed E-state index contributed by atoms with van der Waals surface area (Å²) in [6.07, 6.45) is 5.25. The van der Waals surface area contributed by atoms with Crippen molar-refractivity contribution < 1.29 is 0 Å². The molecule has 2 atom stereocenters. The van der Waals surface area contributed by atoms with Crippen LogP contribution >= 0.6 is 0 Å². The molecule has 0 bridgehead atoms. The van der Waals surface area contributed by atoms with E-state index in [1.807, 2.05) is 10.4 Å². The second-order valence-electron chi connectivity index (χ2n) is 10.4. The Morgan fingerprint density at radius 3 is 1.33 bits per heavy atom. The van der Waals surface area contributed by atoms with Crippen molar-refractivity contribution in [2.24, 2.45) is 0 Å². The van der Waals surface area contributed by atoms with Gasteiger partial charge in [0.1, 0.15) is 8.07 Å². The van der Waals surface area contributed by atoms with Gasteiger partial charge in [0.15, 0.2) is 0 Å². The summed E-state index contributed by atoms with van der Waals surface area (Å²) in [6, 6.07) is 18.6. The van der Waals surface area contributed by atoms with Gasteiger partial charge in [-0.25, -0.2) is 0 Å². The third-order valence-electron chi connectivity index (χ3n) is 8.41. The fourth-order valence-electron chi connectivity index (χ4n) is 6.20. The van der Waals surface area contributed by atoms with Gasteiger partial charge in [-0.05, 0) is 33.3 Å². The largest absolute Gasteiger partial charge is 0.103 e. The molecule has 0 spiro atoms. The fourth-order valence-corrected chi connectivity index (χ4v) is 26.1. The molecule has 0 saturated carbocycles. The molecule has 1 saturated heterocycles. The van der Waals surface area contributed by atoms with Crippen molar-refractivity contribution in [3.8, 4) is 0 Å². The van der Waals surface area contributed by atoms with Crippen LogP contribution in [0.3, 0.4) is 0 Å². The highest BCUT2D eigenvalue weighted by Gasteiger charge is 2.62. The smallest absolute Gasteiger partial charge is 0.0713 e. The van der Waals surface area contributed by atoms with Crippen LogP contribution in [0.4, 0.5) is 0 Å². The highest BCUT2D eigenvalue weighted by molar-refractivity contribution is 7.43. The Hall–Kier alpha value is -1.43. The molecule has 1 heterocycles. The monoisotopic (exact) mass is 402 g/mol. The van der Waals surface area contributed by atoms with Crippen molar-refractivity contribution in [3.63, 3.8) is 0 Å². The maximum Gasteiger partial charge on any atom is 0.103 e. The predicted octanol–water partition coefficient (Wildman–Crippen LogP) is 6.72. The van der Waals surface area contributed by atoms with E-state index in [0.717, 1.165) is 11.1 Å². The minimum atomic E-state index is -1.68. The molecular weight excluding hydrogens is 373 g/mol. The number of hydrogen-bond acceptors (Lipinski definition) is 0. The molecule has 1 aliphatic heterocycles. The molecule has 0 radical (unpaired) electrons. The Morgan fingerprint density at radius 2 is 0.926 bits per heavy atom. The molecule has 0 nitrogen and oxygen atoms in total. The Bertz CT molecular complexity index is 942. The SMILES string of the molecule is C[Si]1(C)C2=Cc3ccccc3C2[Si](C)(C)[Si](C)(C)C2C1=Cc1ccccc12. The van der Waals surface area contributed by atoms with Gasteiger partial charge in [0.05, 0.1) is 15.2 Å². The molecular formula is C24H30Si3. The normalized spacial score (nSPS) is 28.2. The number of rotatable bonds is 0. The second kappa shape index (κ2) is 5.34. The van der Waals surface area contributed by atoms with Crippen molar-refractivity contribution in [3.05, 3.63) is 81.2 Å². The Morgan fingerprint density at radius 1 is 0.556 bits per heavy atom. The second-order valence-corrected chi connectivity index (χ2v) is 30.6. The topological polar surface area (TPSA) is 0 Å². The van der Waals surface area contributed by atoms with Gasteiger partial charge in [0, 0.05) is 0 Å². The predicted molar refractivity (Wildman–Crippen MR) is 127 cm³/mol. The van der Waals surface area contributed by atoms with Gasteiger partial charge in [-0.2, -0.15) is 0 Å². The molecule has 27 heavy (non-hydrogen) atoms. The lowest BCUT2D eigenvalue weighted by atomic mass is 10.1. The average molecular weight is 403 g/mol. The van der Waals surface area contributed by atoms with Crippen molar-refractivity contribution in [1.82, 2.24) is 0 Å². The molecule has 2 aliphatic carbocycles. The van der Waals surface area contributed by atoms with E-state index in [-0.39, 0.29) is 0 Å². The third kappa shape index (κ3) is 2.08. The Balaban J connectivity index is 1.84. The number of allylic oxidation sites excluding steroid dienone is 2. The van der Waals surface area contributed by atoms with E-state index in [2.05, 4.69) is 100.0 Å². The summed E-state index contributed by atoms with van der Waals surface area (Å²) in [4.78, 5) is 0. The van der Waals surface area contributed by atoms with Gasteiger partial charge < -0.3 is 0 Å². The van der Waals surface area contributed by atoms with Crippen molar-refractivity contribution in [2.75, 3.05) is 0 Å². The molecule has 3 heteroatoms. The van der Waals surface area contributed by atoms with E-state index < -0.39 is 23.3 Å². The van der Waals surface area contributed by atoms with Gasteiger partial charge in [-0.3, -0.25) is 0 Å². The maximum absolute atomic E-state index is 2.73. The van der Waals surface area contributed by atoms with Crippen LogP contribution < -0.4 is 0 Å². The van der Waals surface area contributed by atoms with Crippen molar-refractivity contribution in [2.45, 2.75) is 50.4 Å². The summed E-state index contributed by atoms with van der Waals surface area (Å²) in [5.74, 6) is 0. The van der Waals surface area contributed by atoms with Crippen molar-refractivity contribution in [1.29, 1.82) is 0 Å². The van der Waals surface area contributed by atoms with Crippen LogP contribution in [0.2, 0.25) is 39.3 Å². The number of fused-ring (bicyclic) bond motifs is 6. The zero-order chi connectivity index (χ0) is 19.2. The van der Waals surface area contributed by atoms with E-state index in [0.29, 0.717) is 0 Å². The molecule has 2 aromatic rings. The summed E-state index contributed by atoms with van der Waals surface area (Å²) in [5, 5.41) is 3.67. The highest BCUT2D eigenvalue weighted by atomic mass is 29.3. The van der Waals surface area contributed by atoms with Gasteiger partial charge in [0.2, 0.25) is 0 Å². The zero-order valence-corrected chi connectivity index (χ0v) is 20.4. The first-order valence-electron chi connectivity index (χ1n) is 10.3. The summed E-state index contributed by atoms with van der Waals surface area (Å²) >= 11 is 0. The summed E-state index contributed by atoms with van der Waals surface area (Å²) in [7, 11) is -4.74. The Labute approximate surface area is 166 Å². The van der Waals surface area contributed by atoms with E-state index in [9.17, 15) is 0 Å². The quantitative estimate of drug-likeness (QED) is 0.429. The third-order valence-corrected chi connectivity index (χ3v) is 31.9. The summed E-state index contributed by atoms with van der Waals surface area (Å²) in [5.41, 5.74) is 7.79. The van der Waals surface area contributed by atoms with Gasteiger partial charge >= 0.3 is 0 Å². The van der Waals surface area contributed by atoms with E-state index in [4.69, 9.17) is 0 Å². The fraction of sp³-hybridized carbons (Fsp3) is 0.333. The molecule has 0 amide bonds. The summed E-state index contributed by atoms with van der Waals surface area (Å²) < 4.78 is 0. The minimum absolute atomic E-state index is 0.732. The maximum atomic E-state index is 2.73. The minimum Gasteiger partial charge on any atom is -0.0713 e. The number of hydrogen-bond donors (Lipinski definition) is 0. The van der Waals surface area contributed by atoms with Crippen LogP contribution in [-0.4, -0.2) is 23.3 Å². The van der Waals surface area contributed by atoms with Gasteiger partial charge in [0.25, 0.3) is 0 Å². The standard InChI is InChI=1S/C24H30Si3/c1-25(2)21-15-17-11-7-9-13-19(17)23(21)26(3,4)27(5,6)24-20-14-10-8-12-18(20)16-22(24)25/h7-16,23-24H,1-6H3. The molecule has 3 aliphatic rings. The number of benzene rings is 2. The molecule has 5 rings (SSSR count). The van der Waals surface area contributed by atoms with Crippen molar-refractivity contribution >= 4 is 35.4 Å². The molecule has 1 fully saturated rings. The molecule has 2 aromatic carbocycles. The zero-order valence-electron chi connectivity index (χ0n) is 17.4. The summed E-state index contributed by atoms with van der Waals surface area (Å²) in [6.45, 7) is 16.2. The lowest BCUT2D eigenvalue weighted by molar-refractivity contribution is 1.13. The van der Waals surface area contributed by atoms with Crippen LogP contribution in [0.15, 0.2) is 58.9 Å². The average Bonchev–Trinajstić information content (AvgIpc) is 3.20. The van der Waals surface area contributed by atoms with Crippen LogP contribution in [0.5, 0.6) is 0 Å². The highest BCUT2D eigenvalue weighted by Crippen LogP contribution is 2.60. The van der Waals surface area contributed by atoms with Crippen LogP contribution in [0.1, 0.15) is 33.3 Å². The first kappa shape index (κ1) is 17.7. The van der Waals surface area contributed by atoms with E-state index in [1.54, 1.807) is 11.1 Å². The van der Waals surface area contributed by atoms with Crippen LogP contribution in [0, 0.1) is 0 Å². The van der Waals surface area contributed by atoms with E-state index >= 15 is 0 Å². The Kier molecular flexibility index (Phi) is 3.49. The molecule has 138 valence electrons. The van der Waals surface area contributed by atoms with E-state index in [1.165, 1.54) is 11.1 Å². The lowest BCUT2D eigenvalue weighted by Gasteiger charge is -2.46. The van der Waals surface area contributed by atoms with Gasteiger partial charge in [-0.15, -0.1) is 0 Å². The molecule has 2 unspecified atom stereocenters.